The number of hydrogen-bond acceptors (Lipinski definition) is 5. The van der Waals surface area contributed by atoms with Crippen LogP contribution in [0.3, 0.4) is 0 Å². The van der Waals surface area contributed by atoms with Crippen LogP contribution < -0.4 is 20.5 Å². The molecule has 6 heteroatoms. The molecule has 4 N–H and O–H groups in total. The van der Waals surface area contributed by atoms with Crippen LogP contribution in [-0.2, 0) is 4.79 Å². The van der Waals surface area contributed by atoms with Gasteiger partial charge in [-0.1, -0.05) is 0 Å². The van der Waals surface area contributed by atoms with Crippen molar-refractivity contribution in [3.05, 3.63) is 23.8 Å². The molecule has 0 heterocycles. The molecular weight excluding hydrogens is 248 g/mol. The summed E-state index contributed by atoms with van der Waals surface area (Å²) in [7, 11) is 3.06. The van der Waals surface area contributed by atoms with Gasteiger partial charge in [0, 0.05) is 25.1 Å². The minimum Gasteiger partial charge on any atom is -0.497 e. The van der Waals surface area contributed by atoms with Gasteiger partial charge in [-0.25, -0.2) is 0 Å². The maximum absolute atomic E-state index is 11.3. The molecule has 0 aromatic heterocycles. The largest absolute Gasteiger partial charge is 0.497 e. The molecule has 0 saturated carbocycles. The fourth-order valence-electron chi connectivity index (χ4n) is 1.64. The smallest absolute Gasteiger partial charge is 0.221 e. The van der Waals surface area contributed by atoms with E-state index in [0.717, 1.165) is 0 Å². The molecule has 0 aliphatic heterocycles. The topological polar surface area (TPSA) is 93.8 Å². The van der Waals surface area contributed by atoms with Crippen molar-refractivity contribution in [2.75, 3.05) is 27.3 Å². The van der Waals surface area contributed by atoms with Gasteiger partial charge < -0.3 is 25.6 Å². The molecule has 1 atom stereocenters. The number of carbonyl (C=O) groups is 1. The summed E-state index contributed by atoms with van der Waals surface area (Å²) < 4.78 is 10.3. The van der Waals surface area contributed by atoms with Crippen LogP contribution in [0.5, 0.6) is 11.5 Å². The first kappa shape index (κ1) is 15.3. The lowest BCUT2D eigenvalue weighted by molar-refractivity contribution is -0.121. The summed E-state index contributed by atoms with van der Waals surface area (Å²) in [6.07, 6.45) is -0.631. The predicted octanol–water partition coefficient (Wildman–Crippen LogP) is 0.202. The summed E-state index contributed by atoms with van der Waals surface area (Å²) >= 11 is 0. The lowest BCUT2D eigenvalue weighted by Gasteiger charge is -2.16. The van der Waals surface area contributed by atoms with Gasteiger partial charge in [0.15, 0.2) is 0 Å². The molecule has 0 aliphatic rings. The Bertz CT molecular complexity index is 423. The van der Waals surface area contributed by atoms with Crippen molar-refractivity contribution in [3.8, 4) is 11.5 Å². The molecule has 0 bridgehead atoms. The number of nitrogens with one attached hydrogen (secondary N) is 1. The molecule has 1 aromatic rings. The minimum absolute atomic E-state index is 0.0996. The lowest BCUT2D eigenvalue weighted by Crippen LogP contribution is -2.29. The number of carbonyl (C=O) groups excluding carboxylic acids is 1. The molecule has 19 heavy (non-hydrogen) atoms. The molecule has 1 amide bonds. The van der Waals surface area contributed by atoms with Crippen molar-refractivity contribution >= 4 is 5.91 Å². The summed E-state index contributed by atoms with van der Waals surface area (Å²) in [6, 6.07) is 5.12. The number of methoxy groups -OCH3 is 2. The second-order valence-electron chi connectivity index (χ2n) is 3.97. The van der Waals surface area contributed by atoms with Crippen LogP contribution in [0.15, 0.2) is 18.2 Å². The van der Waals surface area contributed by atoms with E-state index in [4.69, 9.17) is 15.2 Å². The zero-order valence-corrected chi connectivity index (χ0v) is 11.2. The molecule has 0 fully saturated rings. The average molecular weight is 268 g/mol. The Hall–Kier alpha value is -1.79. The summed E-state index contributed by atoms with van der Waals surface area (Å²) in [6.45, 7) is 0.382. The number of aliphatic hydroxyl groups excluding tert-OH is 1. The molecule has 1 unspecified atom stereocenters. The fourth-order valence-corrected chi connectivity index (χ4v) is 1.64. The van der Waals surface area contributed by atoms with Gasteiger partial charge in [0.25, 0.3) is 0 Å². The number of nitrogens with two attached hydrogens (primary N) is 1. The Balaban J connectivity index is 2.74. The van der Waals surface area contributed by atoms with E-state index in [2.05, 4.69) is 5.32 Å². The molecule has 0 radical (unpaired) electrons. The average Bonchev–Trinajstić information content (AvgIpc) is 2.44. The van der Waals surface area contributed by atoms with Gasteiger partial charge in [0.2, 0.25) is 5.91 Å². The van der Waals surface area contributed by atoms with Crippen LogP contribution >= 0.6 is 0 Å². The number of benzene rings is 1. The van der Waals surface area contributed by atoms with Gasteiger partial charge in [0.05, 0.1) is 20.3 Å². The number of amides is 1. The highest BCUT2D eigenvalue weighted by Crippen LogP contribution is 2.28. The summed E-state index contributed by atoms with van der Waals surface area (Å²) in [5.74, 6) is 0.966. The van der Waals surface area contributed by atoms with Crippen LogP contribution in [0, 0.1) is 0 Å². The summed E-state index contributed by atoms with van der Waals surface area (Å²) in [5, 5.41) is 12.7. The number of ether oxygens (including phenoxy) is 2. The zero-order chi connectivity index (χ0) is 14.3. The Morgan fingerprint density at radius 1 is 1.42 bits per heavy atom. The number of rotatable bonds is 7. The van der Waals surface area contributed by atoms with E-state index >= 15 is 0 Å². The normalized spacial score (nSPS) is 11.8. The molecule has 6 nitrogen and oxygen atoms in total. The monoisotopic (exact) mass is 268 g/mol. The van der Waals surface area contributed by atoms with Gasteiger partial charge >= 0.3 is 0 Å². The second kappa shape index (κ2) is 7.60. The lowest BCUT2D eigenvalue weighted by atomic mass is 10.1. The van der Waals surface area contributed by atoms with Crippen molar-refractivity contribution in [3.63, 3.8) is 0 Å². The molecule has 0 saturated heterocycles. The van der Waals surface area contributed by atoms with E-state index in [0.29, 0.717) is 17.1 Å². The molecule has 0 aliphatic carbocycles. The van der Waals surface area contributed by atoms with Crippen LogP contribution in [0.25, 0.3) is 0 Å². The van der Waals surface area contributed by atoms with Crippen molar-refractivity contribution in [2.45, 2.75) is 12.5 Å². The minimum atomic E-state index is -0.869. The molecular formula is C13H20N2O4. The second-order valence-corrected chi connectivity index (χ2v) is 3.97. The highest BCUT2D eigenvalue weighted by atomic mass is 16.5. The molecule has 106 valence electrons. The fraction of sp³-hybridized carbons (Fsp3) is 0.462. The zero-order valence-electron chi connectivity index (χ0n) is 11.2. The Labute approximate surface area is 112 Å². The van der Waals surface area contributed by atoms with Gasteiger partial charge in [-0.15, -0.1) is 0 Å². The molecule has 1 aromatic carbocycles. The van der Waals surface area contributed by atoms with Crippen molar-refractivity contribution < 1.29 is 19.4 Å². The summed E-state index contributed by atoms with van der Waals surface area (Å²) in [5.41, 5.74) is 5.84. The SMILES string of the molecule is COc1ccc(OC)c(C(O)CNC(=O)CCN)c1. The van der Waals surface area contributed by atoms with E-state index in [-0.39, 0.29) is 25.4 Å². The first-order valence-corrected chi connectivity index (χ1v) is 5.99. The molecule has 0 spiro atoms. The Morgan fingerprint density at radius 3 is 2.74 bits per heavy atom. The van der Waals surface area contributed by atoms with Gasteiger partial charge in [-0.3, -0.25) is 4.79 Å². The number of hydrogen-bond donors (Lipinski definition) is 3. The highest BCUT2D eigenvalue weighted by Gasteiger charge is 2.15. The quantitative estimate of drug-likeness (QED) is 0.657. The van der Waals surface area contributed by atoms with Crippen LogP contribution in [0.4, 0.5) is 0 Å². The standard InChI is InChI=1S/C13H20N2O4/c1-18-9-3-4-12(19-2)10(7-9)11(16)8-15-13(17)5-6-14/h3-4,7,11,16H,5-6,8,14H2,1-2H3,(H,15,17). The third-order valence-electron chi connectivity index (χ3n) is 2.66. The van der Waals surface area contributed by atoms with E-state index in [1.54, 1.807) is 25.3 Å². The predicted molar refractivity (Wildman–Crippen MR) is 71.2 cm³/mol. The Kier molecular flexibility index (Phi) is 6.11. The highest BCUT2D eigenvalue weighted by molar-refractivity contribution is 5.76. The third kappa shape index (κ3) is 4.42. The maximum atomic E-state index is 11.3. The maximum Gasteiger partial charge on any atom is 0.221 e. The van der Waals surface area contributed by atoms with Crippen molar-refractivity contribution in [1.29, 1.82) is 0 Å². The van der Waals surface area contributed by atoms with E-state index in [9.17, 15) is 9.90 Å². The third-order valence-corrected chi connectivity index (χ3v) is 2.66. The first-order chi connectivity index (χ1) is 9.12. The van der Waals surface area contributed by atoms with E-state index in [1.807, 2.05) is 0 Å². The van der Waals surface area contributed by atoms with Gasteiger partial charge in [-0.05, 0) is 18.2 Å². The van der Waals surface area contributed by atoms with E-state index < -0.39 is 6.10 Å². The van der Waals surface area contributed by atoms with Crippen molar-refractivity contribution in [1.82, 2.24) is 5.32 Å². The van der Waals surface area contributed by atoms with Crippen molar-refractivity contribution in [2.24, 2.45) is 5.73 Å². The number of aliphatic hydroxyl groups is 1. The van der Waals surface area contributed by atoms with Crippen LogP contribution in [0.2, 0.25) is 0 Å². The Morgan fingerprint density at radius 2 is 2.16 bits per heavy atom. The van der Waals surface area contributed by atoms with Gasteiger partial charge in [-0.2, -0.15) is 0 Å². The first-order valence-electron chi connectivity index (χ1n) is 5.99. The van der Waals surface area contributed by atoms with Gasteiger partial charge in [0.1, 0.15) is 11.5 Å². The molecule has 1 rings (SSSR count). The van der Waals surface area contributed by atoms with Crippen LogP contribution in [-0.4, -0.2) is 38.3 Å². The van der Waals surface area contributed by atoms with E-state index in [1.165, 1.54) is 7.11 Å². The summed E-state index contributed by atoms with van der Waals surface area (Å²) in [4.78, 5) is 11.3. The van der Waals surface area contributed by atoms with Crippen LogP contribution in [0.1, 0.15) is 18.1 Å².